The molecule has 1 atom stereocenters. The minimum atomic E-state index is 0.0357. The predicted molar refractivity (Wildman–Crippen MR) is 72.0 cm³/mol. The first-order valence-corrected chi connectivity index (χ1v) is 6.01. The molecule has 0 saturated carbocycles. The van der Waals surface area contributed by atoms with Gasteiger partial charge in [-0.2, -0.15) is 0 Å². The molecule has 0 amide bonds. The van der Waals surface area contributed by atoms with Crippen molar-refractivity contribution in [3.63, 3.8) is 0 Å². The van der Waals surface area contributed by atoms with Crippen LogP contribution in [0.15, 0.2) is 24.5 Å². The summed E-state index contributed by atoms with van der Waals surface area (Å²) in [7, 11) is 1.69. The molecule has 0 fully saturated rings. The second kappa shape index (κ2) is 5.23. The maximum absolute atomic E-state index is 5.90. The van der Waals surface area contributed by atoms with Gasteiger partial charge in [0, 0.05) is 24.5 Å². The lowest BCUT2D eigenvalue weighted by Crippen LogP contribution is -2.16. The first kappa shape index (κ1) is 12.6. The molecule has 1 heterocycles. The van der Waals surface area contributed by atoms with Crippen LogP contribution in [0.2, 0.25) is 0 Å². The fraction of sp³-hybridized carbons (Fsp3) is 0.357. The van der Waals surface area contributed by atoms with Gasteiger partial charge < -0.3 is 15.5 Å². The summed E-state index contributed by atoms with van der Waals surface area (Å²) in [4.78, 5) is 7.44. The van der Waals surface area contributed by atoms with Crippen LogP contribution in [0.5, 0.6) is 5.75 Å². The van der Waals surface area contributed by atoms with Gasteiger partial charge in [0.2, 0.25) is 0 Å². The molecule has 1 aromatic heterocycles. The molecule has 0 aliphatic rings. The molecule has 0 bridgehead atoms. The standard InChI is InChI=1S/C14H19N3O/c1-9-6-10(2)13(18-3)11(7-9)12(8-15)14-16-4-5-17-14/h4-7,12H,8,15H2,1-3H3,(H,16,17). The maximum atomic E-state index is 5.90. The molecular formula is C14H19N3O. The number of methoxy groups -OCH3 is 1. The van der Waals surface area contributed by atoms with Crippen LogP contribution in [0.1, 0.15) is 28.4 Å². The molecule has 1 unspecified atom stereocenters. The largest absolute Gasteiger partial charge is 0.496 e. The van der Waals surface area contributed by atoms with Crippen LogP contribution in [0.4, 0.5) is 0 Å². The van der Waals surface area contributed by atoms with E-state index in [2.05, 4.69) is 29.0 Å². The average Bonchev–Trinajstić information content (AvgIpc) is 2.83. The Labute approximate surface area is 107 Å². The number of benzene rings is 1. The molecule has 96 valence electrons. The van der Waals surface area contributed by atoms with E-state index in [1.807, 2.05) is 13.1 Å². The second-order valence-electron chi connectivity index (χ2n) is 4.47. The predicted octanol–water partition coefficient (Wildman–Crippen LogP) is 2.13. The summed E-state index contributed by atoms with van der Waals surface area (Å²) < 4.78 is 5.51. The number of nitrogens with two attached hydrogens (primary N) is 1. The topological polar surface area (TPSA) is 63.9 Å². The Morgan fingerprint density at radius 2 is 2.17 bits per heavy atom. The highest BCUT2D eigenvalue weighted by molar-refractivity contribution is 5.47. The van der Waals surface area contributed by atoms with E-state index in [-0.39, 0.29) is 5.92 Å². The van der Waals surface area contributed by atoms with Gasteiger partial charge in [-0.05, 0) is 19.4 Å². The Balaban J connectivity index is 2.54. The van der Waals surface area contributed by atoms with Gasteiger partial charge in [-0.3, -0.25) is 0 Å². The van der Waals surface area contributed by atoms with E-state index in [9.17, 15) is 0 Å². The van der Waals surface area contributed by atoms with Crippen LogP contribution in [-0.2, 0) is 0 Å². The number of aromatic amines is 1. The molecule has 1 aromatic carbocycles. The Bertz CT molecular complexity index is 520. The Morgan fingerprint density at radius 1 is 1.39 bits per heavy atom. The van der Waals surface area contributed by atoms with Crippen LogP contribution in [-0.4, -0.2) is 23.6 Å². The summed E-state index contributed by atoms with van der Waals surface area (Å²) in [5.74, 6) is 1.81. The van der Waals surface area contributed by atoms with Crippen molar-refractivity contribution >= 4 is 0 Å². The Morgan fingerprint density at radius 3 is 2.72 bits per heavy atom. The normalized spacial score (nSPS) is 12.4. The smallest absolute Gasteiger partial charge is 0.125 e. The highest BCUT2D eigenvalue weighted by Gasteiger charge is 2.20. The first-order valence-electron chi connectivity index (χ1n) is 6.01. The summed E-state index contributed by atoms with van der Waals surface area (Å²) in [6.07, 6.45) is 3.56. The highest BCUT2D eigenvalue weighted by atomic mass is 16.5. The van der Waals surface area contributed by atoms with Crippen molar-refractivity contribution in [1.29, 1.82) is 0 Å². The van der Waals surface area contributed by atoms with Crippen molar-refractivity contribution in [2.75, 3.05) is 13.7 Å². The number of H-pyrrole nitrogens is 1. The molecule has 2 rings (SSSR count). The zero-order valence-corrected chi connectivity index (χ0v) is 11.0. The van der Waals surface area contributed by atoms with Gasteiger partial charge in [0.25, 0.3) is 0 Å². The molecule has 4 nitrogen and oxygen atoms in total. The first-order chi connectivity index (χ1) is 8.67. The number of hydrogen-bond donors (Lipinski definition) is 2. The second-order valence-corrected chi connectivity index (χ2v) is 4.47. The molecule has 0 spiro atoms. The third-order valence-corrected chi connectivity index (χ3v) is 3.11. The van der Waals surface area contributed by atoms with E-state index in [1.165, 1.54) is 5.56 Å². The number of hydrogen-bond acceptors (Lipinski definition) is 3. The third kappa shape index (κ3) is 2.24. The number of aromatic nitrogens is 2. The van der Waals surface area contributed by atoms with Crippen molar-refractivity contribution < 1.29 is 4.74 Å². The van der Waals surface area contributed by atoms with E-state index in [0.717, 1.165) is 22.7 Å². The number of ether oxygens (including phenoxy) is 1. The van der Waals surface area contributed by atoms with Crippen LogP contribution < -0.4 is 10.5 Å². The zero-order chi connectivity index (χ0) is 13.1. The molecule has 0 radical (unpaired) electrons. The van der Waals surface area contributed by atoms with E-state index >= 15 is 0 Å². The van der Waals surface area contributed by atoms with Crippen molar-refractivity contribution in [3.8, 4) is 5.75 Å². The quantitative estimate of drug-likeness (QED) is 0.867. The molecule has 18 heavy (non-hydrogen) atoms. The van der Waals surface area contributed by atoms with E-state index in [4.69, 9.17) is 10.5 Å². The summed E-state index contributed by atoms with van der Waals surface area (Å²) in [6, 6.07) is 4.23. The van der Waals surface area contributed by atoms with E-state index in [0.29, 0.717) is 6.54 Å². The Kier molecular flexibility index (Phi) is 3.67. The van der Waals surface area contributed by atoms with Crippen LogP contribution >= 0.6 is 0 Å². The summed E-state index contributed by atoms with van der Waals surface area (Å²) >= 11 is 0. The lowest BCUT2D eigenvalue weighted by molar-refractivity contribution is 0.404. The molecular weight excluding hydrogens is 226 g/mol. The summed E-state index contributed by atoms with van der Waals surface area (Å²) in [5, 5.41) is 0. The molecule has 2 aromatic rings. The van der Waals surface area contributed by atoms with Gasteiger partial charge >= 0.3 is 0 Å². The lowest BCUT2D eigenvalue weighted by Gasteiger charge is -2.19. The minimum absolute atomic E-state index is 0.0357. The lowest BCUT2D eigenvalue weighted by atomic mass is 9.93. The number of nitrogens with one attached hydrogen (secondary N) is 1. The van der Waals surface area contributed by atoms with Crippen molar-refractivity contribution in [2.24, 2.45) is 5.73 Å². The molecule has 0 saturated heterocycles. The molecule has 4 heteroatoms. The van der Waals surface area contributed by atoms with Gasteiger partial charge in [-0.25, -0.2) is 4.98 Å². The van der Waals surface area contributed by atoms with Crippen molar-refractivity contribution in [2.45, 2.75) is 19.8 Å². The van der Waals surface area contributed by atoms with Gasteiger partial charge in [-0.15, -0.1) is 0 Å². The number of imidazole rings is 1. The van der Waals surface area contributed by atoms with Crippen molar-refractivity contribution in [3.05, 3.63) is 47.0 Å². The number of nitrogens with zero attached hydrogens (tertiary/aromatic N) is 1. The summed E-state index contributed by atoms with van der Waals surface area (Å²) in [5.41, 5.74) is 9.32. The van der Waals surface area contributed by atoms with E-state index in [1.54, 1.807) is 13.3 Å². The number of rotatable bonds is 4. The van der Waals surface area contributed by atoms with Gasteiger partial charge in [0.1, 0.15) is 11.6 Å². The molecule has 0 aliphatic heterocycles. The fourth-order valence-corrected chi connectivity index (χ4v) is 2.38. The van der Waals surface area contributed by atoms with Gasteiger partial charge in [-0.1, -0.05) is 17.7 Å². The monoisotopic (exact) mass is 245 g/mol. The minimum Gasteiger partial charge on any atom is -0.496 e. The van der Waals surface area contributed by atoms with Gasteiger partial charge in [0.05, 0.1) is 13.0 Å². The average molecular weight is 245 g/mol. The van der Waals surface area contributed by atoms with Gasteiger partial charge in [0.15, 0.2) is 0 Å². The van der Waals surface area contributed by atoms with Crippen LogP contribution in [0.25, 0.3) is 0 Å². The zero-order valence-electron chi connectivity index (χ0n) is 11.0. The summed E-state index contributed by atoms with van der Waals surface area (Å²) in [6.45, 7) is 4.61. The van der Waals surface area contributed by atoms with Crippen molar-refractivity contribution in [1.82, 2.24) is 9.97 Å². The number of aryl methyl sites for hydroxylation is 2. The van der Waals surface area contributed by atoms with Crippen LogP contribution in [0, 0.1) is 13.8 Å². The molecule has 3 N–H and O–H groups in total. The van der Waals surface area contributed by atoms with Crippen LogP contribution in [0.3, 0.4) is 0 Å². The third-order valence-electron chi connectivity index (χ3n) is 3.11. The Hall–Kier alpha value is -1.81. The fourth-order valence-electron chi connectivity index (χ4n) is 2.38. The maximum Gasteiger partial charge on any atom is 0.125 e. The molecule has 0 aliphatic carbocycles. The highest BCUT2D eigenvalue weighted by Crippen LogP contribution is 2.33. The van der Waals surface area contributed by atoms with E-state index < -0.39 is 0 Å². The SMILES string of the molecule is COc1c(C)cc(C)cc1C(CN)c1ncc[nH]1.